The largest absolute Gasteiger partial charge is 0.495 e. The van der Waals surface area contributed by atoms with Crippen LogP contribution < -0.4 is 4.74 Å². The van der Waals surface area contributed by atoms with Crippen LogP contribution in [-0.2, 0) is 0 Å². The molecule has 100 valence electrons. The number of methoxy groups -OCH3 is 1. The third-order valence-corrected chi connectivity index (χ3v) is 3.52. The van der Waals surface area contributed by atoms with Crippen LogP contribution in [0.25, 0.3) is 0 Å². The molecule has 5 heteroatoms. The standard InChI is InChI=1S/C13H17F2NO2/c1-18-11-6-10(7-16-8-11)12(17)9-2-4-13(14,15)5-3-9/h6-9,12,17H,2-5H2,1H3. The van der Waals surface area contributed by atoms with Crippen molar-refractivity contribution >= 4 is 0 Å². The van der Waals surface area contributed by atoms with Crippen molar-refractivity contribution in [3.8, 4) is 5.75 Å². The molecule has 2 rings (SSSR count). The van der Waals surface area contributed by atoms with Crippen LogP contribution in [0.3, 0.4) is 0 Å². The van der Waals surface area contributed by atoms with Crippen LogP contribution in [0.5, 0.6) is 5.75 Å². The fourth-order valence-electron chi connectivity index (χ4n) is 2.36. The summed E-state index contributed by atoms with van der Waals surface area (Å²) in [7, 11) is 1.52. The minimum Gasteiger partial charge on any atom is -0.495 e. The van der Waals surface area contributed by atoms with Gasteiger partial charge in [-0.3, -0.25) is 4.98 Å². The maximum absolute atomic E-state index is 13.0. The Morgan fingerprint density at radius 3 is 2.67 bits per heavy atom. The molecule has 0 radical (unpaired) electrons. The SMILES string of the molecule is COc1cncc(C(O)C2CCC(F)(F)CC2)c1. The van der Waals surface area contributed by atoms with E-state index in [0.29, 0.717) is 24.2 Å². The van der Waals surface area contributed by atoms with Crippen molar-refractivity contribution in [1.29, 1.82) is 0 Å². The molecule has 0 saturated heterocycles. The van der Waals surface area contributed by atoms with Crippen LogP contribution in [0.15, 0.2) is 18.5 Å². The van der Waals surface area contributed by atoms with Gasteiger partial charge in [0.2, 0.25) is 5.92 Å². The molecule has 1 aliphatic carbocycles. The summed E-state index contributed by atoms with van der Waals surface area (Å²) in [5, 5.41) is 10.2. The van der Waals surface area contributed by atoms with Crippen molar-refractivity contribution in [2.75, 3.05) is 7.11 Å². The van der Waals surface area contributed by atoms with Crippen LogP contribution in [0.4, 0.5) is 8.78 Å². The molecule has 0 spiro atoms. The third-order valence-electron chi connectivity index (χ3n) is 3.52. The molecule has 18 heavy (non-hydrogen) atoms. The minimum atomic E-state index is -2.57. The predicted octanol–water partition coefficient (Wildman–Crippen LogP) is 2.95. The minimum absolute atomic E-state index is 0.126. The molecular formula is C13H17F2NO2. The van der Waals surface area contributed by atoms with Crippen molar-refractivity contribution < 1.29 is 18.6 Å². The van der Waals surface area contributed by atoms with E-state index < -0.39 is 12.0 Å². The average Bonchev–Trinajstić information content (AvgIpc) is 2.38. The molecular weight excluding hydrogens is 240 g/mol. The van der Waals surface area contributed by atoms with Gasteiger partial charge in [0.05, 0.1) is 19.4 Å². The molecule has 1 heterocycles. The zero-order chi connectivity index (χ0) is 13.2. The quantitative estimate of drug-likeness (QED) is 0.905. The zero-order valence-electron chi connectivity index (χ0n) is 10.3. The molecule has 1 unspecified atom stereocenters. The molecule has 1 saturated carbocycles. The Bertz CT molecular complexity index is 402. The van der Waals surface area contributed by atoms with Gasteiger partial charge >= 0.3 is 0 Å². The van der Waals surface area contributed by atoms with E-state index in [0.717, 1.165) is 0 Å². The lowest BCUT2D eigenvalue weighted by Gasteiger charge is -2.31. The summed E-state index contributed by atoms with van der Waals surface area (Å²) in [6.45, 7) is 0. The normalized spacial score (nSPS) is 21.6. The van der Waals surface area contributed by atoms with Crippen LogP contribution in [0.1, 0.15) is 37.4 Å². The second-order valence-electron chi connectivity index (χ2n) is 4.80. The van der Waals surface area contributed by atoms with Crippen molar-refractivity contribution in [2.24, 2.45) is 5.92 Å². The highest BCUT2D eigenvalue weighted by atomic mass is 19.3. The van der Waals surface area contributed by atoms with Crippen LogP contribution in [-0.4, -0.2) is 23.1 Å². The molecule has 1 fully saturated rings. The first kappa shape index (κ1) is 13.2. The summed E-state index contributed by atoms with van der Waals surface area (Å²) in [6.07, 6.45) is 2.74. The van der Waals surface area contributed by atoms with Gasteiger partial charge in [0, 0.05) is 24.6 Å². The predicted molar refractivity (Wildman–Crippen MR) is 62.7 cm³/mol. The monoisotopic (exact) mass is 257 g/mol. The number of pyridine rings is 1. The highest BCUT2D eigenvalue weighted by Crippen LogP contribution is 2.41. The number of halogens is 2. The molecule has 1 atom stereocenters. The van der Waals surface area contributed by atoms with E-state index in [9.17, 15) is 13.9 Å². The van der Waals surface area contributed by atoms with E-state index >= 15 is 0 Å². The lowest BCUT2D eigenvalue weighted by Crippen LogP contribution is -2.27. The Labute approximate surface area is 105 Å². The van der Waals surface area contributed by atoms with Gasteiger partial charge in [-0.25, -0.2) is 8.78 Å². The molecule has 3 nitrogen and oxygen atoms in total. The number of aromatic nitrogens is 1. The van der Waals surface area contributed by atoms with Crippen LogP contribution >= 0.6 is 0 Å². The number of ether oxygens (including phenoxy) is 1. The fourth-order valence-corrected chi connectivity index (χ4v) is 2.36. The summed E-state index contributed by atoms with van der Waals surface area (Å²) >= 11 is 0. The molecule has 0 aliphatic heterocycles. The summed E-state index contributed by atoms with van der Waals surface area (Å²) in [5.41, 5.74) is 0.629. The van der Waals surface area contributed by atoms with E-state index in [1.165, 1.54) is 7.11 Å². The number of nitrogens with zero attached hydrogens (tertiary/aromatic N) is 1. The Balaban J connectivity index is 2.05. The number of hydrogen-bond acceptors (Lipinski definition) is 3. The second kappa shape index (κ2) is 5.18. The second-order valence-corrected chi connectivity index (χ2v) is 4.80. The summed E-state index contributed by atoms with van der Waals surface area (Å²) in [6, 6.07) is 1.70. The van der Waals surface area contributed by atoms with Crippen molar-refractivity contribution in [3.05, 3.63) is 24.0 Å². The highest BCUT2D eigenvalue weighted by molar-refractivity contribution is 5.25. The lowest BCUT2D eigenvalue weighted by atomic mass is 9.81. The molecule has 0 bridgehead atoms. The summed E-state index contributed by atoms with van der Waals surface area (Å²) in [4.78, 5) is 3.97. The van der Waals surface area contributed by atoms with Gasteiger partial charge in [-0.05, 0) is 24.8 Å². The Morgan fingerprint density at radius 2 is 2.06 bits per heavy atom. The Kier molecular flexibility index (Phi) is 3.80. The Morgan fingerprint density at radius 1 is 1.39 bits per heavy atom. The lowest BCUT2D eigenvalue weighted by molar-refractivity contribution is -0.0627. The first-order chi connectivity index (χ1) is 8.52. The summed E-state index contributed by atoms with van der Waals surface area (Å²) in [5.74, 6) is -2.13. The average molecular weight is 257 g/mol. The maximum atomic E-state index is 13.0. The number of aliphatic hydroxyl groups excluding tert-OH is 1. The fraction of sp³-hybridized carbons (Fsp3) is 0.615. The molecule has 0 aromatic carbocycles. The van der Waals surface area contributed by atoms with E-state index in [1.807, 2.05) is 0 Å². The molecule has 1 aliphatic rings. The van der Waals surface area contributed by atoms with Crippen LogP contribution in [0, 0.1) is 5.92 Å². The van der Waals surface area contributed by atoms with Gasteiger partial charge in [-0.15, -0.1) is 0 Å². The van der Waals surface area contributed by atoms with E-state index in [4.69, 9.17) is 4.74 Å². The van der Waals surface area contributed by atoms with Gasteiger partial charge in [0.1, 0.15) is 5.75 Å². The molecule has 1 aromatic rings. The van der Waals surface area contributed by atoms with E-state index in [1.54, 1.807) is 18.5 Å². The van der Waals surface area contributed by atoms with Crippen molar-refractivity contribution in [1.82, 2.24) is 4.98 Å². The molecule has 0 amide bonds. The maximum Gasteiger partial charge on any atom is 0.248 e. The van der Waals surface area contributed by atoms with Crippen molar-refractivity contribution in [2.45, 2.75) is 37.7 Å². The first-order valence-electron chi connectivity index (χ1n) is 6.07. The van der Waals surface area contributed by atoms with E-state index in [-0.39, 0.29) is 18.8 Å². The zero-order valence-corrected chi connectivity index (χ0v) is 10.3. The summed E-state index contributed by atoms with van der Waals surface area (Å²) < 4.78 is 31.1. The van der Waals surface area contributed by atoms with Gasteiger partial charge < -0.3 is 9.84 Å². The number of rotatable bonds is 3. The molecule has 1 aromatic heterocycles. The Hall–Kier alpha value is -1.23. The number of hydrogen-bond donors (Lipinski definition) is 1. The van der Waals surface area contributed by atoms with Gasteiger partial charge in [0.15, 0.2) is 0 Å². The third kappa shape index (κ3) is 2.96. The number of alkyl halides is 2. The van der Waals surface area contributed by atoms with Gasteiger partial charge in [-0.1, -0.05) is 0 Å². The van der Waals surface area contributed by atoms with E-state index in [2.05, 4.69) is 4.98 Å². The highest BCUT2D eigenvalue weighted by Gasteiger charge is 2.37. The number of aliphatic hydroxyl groups is 1. The van der Waals surface area contributed by atoms with Gasteiger partial charge in [0.25, 0.3) is 0 Å². The van der Waals surface area contributed by atoms with Crippen molar-refractivity contribution in [3.63, 3.8) is 0 Å². The molecule has 1 N–H and O–H groups in total. The first-order valence-corrected chi connectivity index (χ1v) is 6.07. The topological polar surface area (TPSA) is 42.4 Å². The van der Waals surface area contributed by atoms with Gasteiger partial charge in [-0.2, -0.15) is 0 Å². The van der Waals surface area contributed by atoms with Crippen LogP contribution in [0.2, 0.25) is 0 Å². The smallest absolute Gasteiger partial charge is 0.248 e.